The Morgan fingerprint density at radius 3 is 2.66 bits per heavy atom. The molecule has 0 aliphatic carbocycles. The molecule has 1 fully saturated rings. The number of aromatic nitrogens is 1. The van der Waals surface area contributed by atoms with Gasteiger partial charge in [-0.1, -0.05) is 24.3 Å². The van der Waals surface area contributed by atoms with E-state index in [0.717, 1.165) is 26.8 Å². The van der Waals surface area contributed by atoms with Gasteiger partial charge in [0.05, 0.1) is 11.4 Å². The number of rotatable bonds is 3. The molecule has 1 saturated heterocycles. The van der Waals surface area contributed by atoms with Gasteiger partial charge in [-0.25, -0.2) is 4.98 Å². The van der Waals surface area contributed by atoms with Crippen molar-refractivity contribution in [3.63, 3.8) is 0 Å². The number of hydrogen-bond acceptors (Lipinski definition) is 6. The number of nitrogens with one attached hydrogen (secondary N) is 1. The molecule has 0 bridgehead atoms. The van der Waals surface area contributed by atoms with E-state index in [1.807, 2.05) is 18.2 Å². The molecule has 29 heavy (non-hydrogen) atoms. The minimum atomic E-state index is -0.321. The molecule has 144 valence electrons. The number of hydrogen-bond donors (Lipinski definition) is 1. The predicted molar refractivity (Wildman–Crippen MR) is 113 cm³/mol. The number of amides is 3. The molecule has 0 atom stereocenters. The van der Waals surface area contributed by atoms with Crippen LogP contribution in [0.2, 0.25) is 0 Å². The van der Waals surface area contributed by atoms with Gasteiger partial charge in [0.25, 0.3) is 5.91 Å². The Kier molecular flexibility index (Phi) is 4.44. The van der Waals surface area contributed by atoms with Crippen molar-refractivity contribution in [2.24, 2.45) is 0 Å². The predicted octanol–water partition coefficient (Wildman–Crippen LogP) is 4.32. The van der Waals surface area contributed by atoms with Gasteiger partial charge < -0.3 is 0 Å². The largest absolute Gasteiger partial charge is 0.298 e. The van der Waals surface area contributed by atoms with Gasteiger partial charge in [0.2, 0.25) is 11.8 Å². The summed E-state index contributed by atoms with van der Waals surface area (Å²) in [6.45, 7) is 0. The summed E-state index contributed by atoms with van der Waals surface area (Å²) in [5.74, 6) is 0.0276. The van der Waals surface area contributed by atoms with Crippen molar-refractivity contribution >= 4 is 51.6 Å². The maximum atomic E-state index is 12.8. The summed E-state index contributed by atoms with van der Waals surface area (Å²) in [6.07, 6.45) is 0.416. The lowest BCUT2D eigenvalue weighted by Gasteiger charge is -2.14. The van der Waals surface area contributed by atoms with Crippen molar-refractivity contribution in [1.29, 1.82) is 0 Å². The normalized spacial score (nSPS) is 15.2. The first-order valence-electron chi connectivity index (χ1n) is 9.09. The minimum absolute atomic E-state index is 0.208. The molecule has 8 heteroatoms. The van der Waals surface area contributed by atoms with E-state index in [0.29, 0.717) is 16.4 Å². The molecule has 1 N–H and O–H groups in total. The van der Waals surface area contributed by atoms with E-state index in [1.165, 1.54) is 16.2 Å². The fraction of sp³-hybridized carbons (Fsp3) is 0.143. The highest BCUT2D eigenvalue weighted by Crippen LogP contribution is 2.44. The SMILES string of the molecule is O=C(Nc1nc2c(s1)CSc1ccccc1-2)c1cccc(N2C(=O)CCC2=O)c1. The number of thioether (sulfide) groups is 1. The topological polar surface area (TPSA) is 79.4 Å². The molecule has 0 radical (unpaired) electrons. The molecule has 0 spiro atoms. The summed E-state index contributed by atoms with van der Waals surface area (Å²) in [5, 5.41) is 3.40. The maximum Gasteiger partial charge on any atom is 0.257 e. The van der Waals surface area contributed by atoms with E-state index in [1.54, 1.807) is 36.0 Å². The first-order chi connectivity index (χ1) is 14.1. The third-order valence-electron chi connectivity index (χ3n) is 4.84. The van der Waals surface area contributed by atoms with Gasteiger partial charge in [0, 0.05) is 39.5 Å². The monoisotopic (exact) mass is 421 g/mol. The lowest BCUT2D eigenvalue weighted by Crippen LogP contribution is -2.28. The van der Waals surface area contributed by atoms with Crippen LogP contribution in [0.5, 0.6) is 0 Å². The van der Waals surface area contributed by atoms with E-state index < -0.39 is 0 Å². The van der Waals surface area contributed by atoms with Crippen LogP contribution in [-0.4, -0.2) is 22.7 Å². The number of nitrogens with zero attached hydrogens (tertiary/aromatic N) is 2. The Labute approximate surface area is 175 Å². The highest BCUT2D eigenvalue weighted by atomic mass is 32.2. The van der Waals surface area contributed by atoms with E-state index >= 15 is 0 Å². The van der Waals surface area contributed by atoms with Gasteiger partial charge in [0.1, 0.15) is 0 Å². The number of fused-ring (bicyclic) bond motifs is 3. The molecule has 0 unspecified atom stereocenters. The van der Waals surface area contributed by atoms with E-state index in [2.05, 4.69) is 16.4 Å². The summed E-state index contributed by atoms with van der Waals surface area (Å²) in [4.78, 5) is 44.8. The summed E-state index contributed by atoms with van der Waals surface area (Å²) < 4.78 is 0. The second-order valence-electron chi connectivity index (χ2n) is 6.70. The van der Waals surface area contributed by atoms with Crippen molar-refractivity contribution < 1.29 is 14.4 Å². The Hall–Kier alpha value is -2.97. The van der Waals surface area contributed by atoms with Crippen molar-refractivity contribution in [3.8, 4) is 11.3 Å². The lowest BCUT2D eigenvalue weighted by atomic mass is 10.1. The third kappa shape index (κ3) is 3.24. The van der Waals surface area contributed by atoms with Crippen LogP contribution in [0.4, 0.5) is 10.8 Å². The molecule has 2 aliphatic rings. The number of imide groups is 1. The average molecular weight is 422 g/mol. The van der Waals surface area contributed by atoms with Gasteiger partial charge >= 0.3 is 0 Å². The molecule has 2 aromatic carbocycles. The van der Waals surface area contributed by atoms with Crippen LogP contribution in [0.1, 0.15) is 28.1 Å². The fourth-order valence-electron chi connectivity index (χ4n) is 3.46. The zero-order chi connectivity index (χ0) is 20.0. The Balaban J connectivity index is 1.40. The molecule has 3 heterocycles. The second kappa shape index (κ2) is 7.13. The summed E-state index contributed by atoms with van der Waals surface area (Å²) in [7, 11) is 0. The van der Waals surface area contributed by atoms with Gasteiger partial charge in [-0.15, -0.1) is 23.1 Å². The molecule has 3 aromatic rings. The summed E-state index contributed by atoms with van der Waals surface area (Å²) >= 11 is 3.23. The molecular formula is C21H15N3O3S2. The van der Waals surface area contributed by atoms with Gasteiger partial charge in [-0.2, -0.15) is 0 Å². The van der Waals surface area contributed by atoms with Crippen LogP contribution >= 0.6 is 23.1 Å². The van der Waals surface area contributed by atoms with Crippen LogP contribution in [0.3, 0.4) is 0 Å². The van der Waals surface area contributed by atoms with E-state index in [4.69, 9.17) is 0 Å². The molecule has 5 rings (SSSR count). The van der Waals surface area contributed by atoms with Crippen molar-refractivity contribution in [2.75, 3.05) is 10.2 Å². The highest BCUT2D eigenvalue weighted by Gasteiger charge is 2.30. The Morgan fingerprint density at radius 2 is 1.83 bits per heavy atom. The zero-order valence-electron chi connectivity index (χ0n) is 15.2. The Bertz CT molecular complexity index is 1160. The number of carbonyl (C=O) groups excluding carboxylic acids is 3. The van der Waals surface area contributed by atoms with Crippen molar-refractivity contribution in [2.45, 2.75) is 23.5 Å². The first kappa shape index (κ1) is 18.1. The number of thiazole rings is 1. The average Bonchev–Trinajstić information content (AvgIpc) is 3.30. The molecule has 3 amide bonds. The minimum Gasteiger partial charge on any atom is -0.298 e. The van der Waals surface area contributed by atoms with Crippen LogP contribution in [-0.2, 0) is 15.3 Å². The zero-order valence-corrected chi connectivity index (χ0v) is 16.8. The molecule has 1 aromatic heterocycles. The molecular weight excluding hydrogens is 406 g/mol. The van der Waals surface area contributed by atoms with Gasteiger partial charge in [0.15, 0.2) is 5.13 Å². The standard InChI is InChI=1S/C21H15N3O3S2/c25-17-8-9-18(26)24(17)13-5-3-4-12(10-13)20(27)23-21-22-19-14-6-1-2-7-15(14)28-11-16(19)29-21/h1-7,10H,8-9,11H2,(H,22,23,27). The number of benzene rings is 2. The maximum absolute atomic E-state index is 12.8. The quantitative estimate of drug-likeness (QED) is 0.637. The van der Waals surface area contributed by atoms with E-state index in [9.17, 15) is 14.4 Å². The Morgan fingerprint density at radius 1 is 1.03 bits per heavy atom. The molecule has 6 nitrogen and oxygen atoms in total. The second-order valence-corrected chi connectivity index (χ2v) is 8.80. The lowest BCUT2D eigenvalue weighted by molar-refractivity contribution is -0.121. The van der Waals surface area contributed by atoms with Crippen LogP contribution in [0.15, 0.2) is 53.4 Å². The van der Waals surface area contributed by atoms with Crippen molar-refractivity contribution in [3.05, 3.63) is 59.0 Å². The highest BCUT2D eigenvalue weighted by molar-refractivity contribution is 7.98. The molecule has 2 aliphatic heterocycles. The smallest absolute Gasteiger partial charge is 0.257 e. The summed E-state index contributed by atoms with van der Waals surface area (Å²) in [6, 6.07) is 14.7. The number of anilines is 2. The first-order valence-corrected chi connectivity index (χ1v) is 10.9. The van der Waals surface area contributed by atoms with E-state index in [-0.39, 0.29) is 30.6 Å². The van der Waals surface area contributed by atoms with Crippen LogP contribution in [0.25, 0.3) is 11.3 Å². The van der Waals surface area contributed by atoms with Gasteiger partial charge in [-0.05, 0) is 24.3 Å². The van der Waals surface area contributed by atoms with Crippen LogP contribution < -0.4 is 10.2 Å². The van der Waals surface area contributed by atoms with Crippen LogP contribution in [0, 0.1) is 0 Å². The fourth-order valence-corrected chi connectivity index (χ4v) is 5.56. The summed E-state index contributed by atoms with van der Waals surface area (Å²) in [5.41, 5.74) is 2.80. The third-order valence-corrected chi connectivity index (χ3v) is 7.09. The molecule has 0 saturated carbocycles. The van der Waals surface area contributed by atoms with Gasteiger partial charge in [-0.3, -0.25) is 24.6 Å². The van der Waals surface area contributed by atoms with Crippen molar-refractivity contribution in [1.82, 2.24) is 4.98 Å². The number of carbonyl (C=O) groups is 3.